The molecule has 1 saturated carbocycles. The van der Waals surface area contributed by atoms with Crippen LogP contribution in [0.15, 0.2) is 6.07 Å². The van der Waals surface area contributed by atoms with Gasteiger partial charge >= 0.3 is 6.18 Å². The molecule has 0 unspecified atom stereocenters. The van der Waals surface area contributed by atoms with Crippen molar-refractivity contribution >= 4 is 16.9 Å². The van der Waals surface area contributed by atoms with Crippen LogP contribution < -0.4 is 0 Å². The highest BCUT2D eigenvalue weighted by Crippen LogP contribution is 2.41. The van der Waals surface area contributed by atoms with Crippen LogP contribution in [0, 0.1) is 6.92 Å². The van der Waals surface area contributed by atoms with E-state index in [1.54, 1.807) is 13.0 Å². The number of alkyl halides is 3. The van der Waals surface area contributed by atoms with Crippen LogP contribution in [0.2, 0.25) is 0 Å². The van der Waals surface area contributed by atoms with Gasteiger partial charge in [0.1, 0.15) is 0 Å². The molecule has 3 rings (SSSR count). The van der Waals surface area contributed by atoms with Gasteiger partial charge in [0.25, 0.3) is 5.91 Å². The van der Waals surface area contributed by atoms with Crippen molar-refractivity contribution in [2.45, 2.75) is 71.5 Å². The largest absolute Gasteiger partial charge is 0.390 e. The fourth-order valence-corrected chi connectivity index (χ4v) is 3.37. The summed E-state index contributed by atoms with van der Waals surface area (Å²) in [5.74, 6) is -0.0811. The summed E-state index contributed by atoms with van der Waals surface area (Å²) >= 11 is 0. The summed E-state index contributed by atoms with van der Waals surface area (Å²) in [5, 5.41) is 5.23. The molecule has 1 fully saturated rings. The van der Waals surface area contributed by atoms with Gasteiger partial charge in [0, 0.05) is 24.7 Å². The number of carbonyl (C=O) groups excluding carboxylic acids is 1. The maximum absolute atomic E-state index is 13.2. The summed E-state index contributed by atoms with van der Waals surface area (Å²) in [6.07, 6.45) is -3.29. The Morgan fingerprint density at radius 2 is 1.93 bits per heavy atom. The zero-order valence-corrected chi connectivity index (χ0v) is 17.0. The van der Waals surface area contributed by atoms with Crippen LogP contribution in [-0.4, -0.2) is 44.8 Å². The molecular weight excluding hydrogens is 369 g/mol. The monoisotopic (exact) mass is 396 g/mol. The summed E-state index contributed by atoms with van der Waals surface area (Å²) in [6, 6.07) is 1.76. The third-order valence-corrected chi connectivity index (χ3v) is 5.03. The molecule has 8 heteroatoms. The van der Waals surface area contributed by atoms with Gasteiger partial charge < -0.3 is 4.90 Å². The number of aromatic nitrogens is 3. The number of carbonyl (C=O) groups is 1. The van der Waals surface area contributed by atoms with Crippen molar-refractivity contribution in [1.29, 1.82) is 0 Å². The molecule has 2 heterocycles. The molecule has 154 valence electrons. The van der Waals surface area contributed by atoms with E-state index >= 15 is 0 Å². The number of nitrogens with zero attached hydrogens (tertiary/aromatic N) is 4. The quantitative estimate of drug-likeness (QED) is 0.730. The van der Waals surface area contributed by atoms with E-state index in [0.717, 1.165) is 18.5 Å². The van der Waals surface area contributed by atoms with Gasteiger partial charge in [0.2, 0.25) is 0 Å². The molecule has 2 aromatic heterocycles. The number of pyridine rings is 1. The van der Waals surface area contributed by atoms with Crippen LogP contribution in [0.1, 0.15) is 74.6 Å². The molecule has 0 atom stereocenters. The van der Waals surface area contributed by atoms with Crippen LogP contribution in [0.4, 0.5) is 13.2 Å². The third-order valence-electron chi connectivity index (χ3n) is 5.03. The Kier molecular flexibility index (Phi) is 5.18. The SMILES string of the molecule is CCN(CCC(F)(F)F)C(=O)c1cc(C2CC2)nc2c1c(C)nn2C(C)(C)C. The molecule has 1 aliphatic rings. The van der Waals surface area contributed by atoms with Gasteiger partial charge in [-0.3, -0.25) is 4.79 Å². The van der Waals surface area contributed by atoms with Gasteiger partial charge in [0.05, 0.1) is 28.6 Å². The number of amides is 1. The Morgan fingerprint density at radius 3 is 2.43 bits per heavy atom. The number of hydrogen-bond acceptors (Lipinski definition) is 3. The predicted molar refractivity (Wildman–Crippen MR) is 101 cm³/mol. The standard InChI is InChI=1S/C20H27F3N4O/c1-6-26(10-9-20(21,22)23)18(28)14-11-15(13-7-8-13)24-17-16(14)12(2)25-27(17)19(3,4)5/h11,13H,6-10H2,1-5H3. The molecular formula is C20H27F3N4O. The van der Waals surface area contributed by atoms with E-state index in [9.17, 15) is 18.0 Å². The molecule has 5 nitrogen and oxygen atoms in total. The van der Waals surface area contributed by atoms with Crippen molar-refractivity contribution in [1.82, 2.24) is 19.7 Å². The maximum Gasteiger partial charge on any atom is 0.390 e. The first kappa shape index (κ1) is 20.6. The minimum Gasteiger partial charge on any atom is -0.339 e. The highest BCUT2D eigenvalue weighted by molar-refractivity contribution is 6.06. The fourth-order valence-electron chi connectivity index (χ4n) is 3.37. The van der Waals surface area contributed by atoms with Gasteiger partial charge in [-0.2, -0.15) is 18.3 Å². The molecule has 0 bridgehead atoms. The molecule has 0 aliphatic heterocycles. The van der Waals surface area contributed by atoms with Gasteiger partial charge in [-0.05, 0) is 53.5 Å². The van der Waals surface area contributed by atoms with Crippen molar-refractivity contribution in [3.63, 3.8) is 0 Å². The minimum atomic E-state index is -4.30. The Hall–Kier alpha value is -2.12. The zero-order valence-electron chi connectivity index (χ0n) is 17.0. The maximum atomic E-state index is 13.2. The van der Waals surface area contributed by atoms with Crippen molar-refractivity contribution in [2.24, 2.45) is 0 Å². The number of hydrogen-bond donors (Lipinski definition) is 0. The van der Waals surface area contributed by atoms with Crippen molar-refractivity contribution in [2.75, 3.05) is 13.1 Å². The first-order valence-electron chi connectivity index (χ1n) is 9.69. The fraction of sp³-hybridized carbons (Fsp3) is 0.650. The van der Waals surface area contributed by atoms with E-state index in [0.29, 0.717) is 28.2 Å². The van der Waals surface area contributed by atoms with Crippen molar-refractivity contribution < 1.29 is 18.0 Å². The molecule has 2 aromatic rings. The average Bonchev–Trinajstić information content (AvgIpc) is 3.36. The average molecular weight is 396 g/mol. The van der Waals surface area contributed by atoms with Crippen molar-refractivity contribution in [3.8, 4) is 0 Å². The Balaban J connectivity index is 2.11. The van der Waals surface area contributed by atoms with E-state index < -0.39 is 18.5 Å². The zero-order chi connectivity index (χ0) is 20.9. The van der Waals surface area contributed by atoms with Crippen LogP contribution in [0.25, 0.3) is 11.0 Å². The molecule has 0 spiro atoms. The summed E-state index contributed by atoms with van der Waals surface area (Å²) in [7, 11) is 0. The lowest BCUT2D eigenvalue weighted by atomic mass is 10.1. The van der Waals surface area contributed by atoms with Gasteiger partial charge in [0.15, 0.2) is 5.65 Å². The first-order chi connectivity index (χ1) is 12.9. The van der Waals surface area contributed by atoms with E-state index in [1.807, 2.05) is 32.4 Å². The molecule has 0 aromatic carbocycles. The smallest absolute Gasteiger partial charge is 0.339 e. The molecule has 0 saturated heterocycles. The van der Waals surface area contributed by atoms with Gasteiger partial charge in [-0.1, -0.05) is 0 Å². The number of halogens is 3. The minimum absolute atomic E-state index is 0.212. The van der Waals surface area contributed by atoms with Gasteiger partial charge in [-0.15, -0.1) is 0 Å². The van der Waals surface area contributed by atoms with Crippen LogP contribution >= 0.6 is 0 Å². The Bertz CT molecular complexity index is 891. The molecule has 0 N–H and O–H groups in total. The summed E-state index contributed by atoms with van der Waals surface area (Å²) < 4.78 is 39.9. The van der Waals surface area contributed by atoms with Crippen molar-refractivity contribution in [3.05, 3.63) is 23.0 Å². The normalized spacial score (nSPS) is 15.3. The summed E-state index contributed by atoms with van der Waals surface area (Å²) in [6.45, 7) is 9.39. The van der Waals surface area contributed by atoms with Crippen LogP contribution in [0.3, 0.4) is 0 Å². The third kappa shape index (κ3) is 4.15. The van der Waals surface area contributed by atoms with Gasteiger partial charge in [-0.25, -0.2) is 9.67 Å². The molecule has 28 heavy (non-hydrogen) atoms. The van der Waals surface area contributed by atoms with E-state index in [1.165, 1.54) is 4.90 Å². The van der Waals surface area contributed by atoms with E-state index in [-0.39, 0.29) is 18.6 Å². The first-order valence-corrected chi connectivity index (χ1v) is 9.69. The summed E-state index contributed by atoms with van der Waals surface area (Å²) in [4.78, 5) is 19.3. The second-order valence-corrected chi connectivity index (χ2v) is 8.49. The second kappa shape index (κ2) is 7.04. The van der Waals surface area contributed by atoms with Crippen LogP contribution in [-0.2, 0) is 5.54 Å². The lowest BCUT2D eigenvalue weighted by Crippen LogP contribution is -2.34. The lowest BCUT2D eigenvalue weighted by molar-refractivity contribution is -0.136. The van der Waals surface area contributed by atoms with Crippen LogP contribution in [0.5, 0.6) is 0 Å². The molecule has 1 aliphatic carbocycles. The van der Waals surface area contributed by atoms with E-state index in [2.05, 4.69) is 5.10 Å². The van der Waals surface area contributed by atoms with E-state index in [4.69, 9.17) is 4.98 Å². The topological polar surface area (TPSA) is 51.0 Å². The lowest BCUT2D eigenvalue weighted by Gasteiger charge is -2.23. The Labute approximate surface area is 162 Å². The number of rotatable bonds is 5. The Morgan fingerprint density at radius 1 is 1.29 bits per heavy atom. The second-order valence-electron chi connectivity index (χ2n) is 8.49. The number of aryl methyl sites for hydroxylation is 1. The number of fused-ring (bicyclic) bond motifs is 1. The molecule has 1 amide bonds. The highest BCUT2D eigenvalue weighted by Gasteiger charge is 2.33. The molecule has 0 radical (unpaired) electrons. The predicted octanol–water partition coefficient (Wildman–Crippen LogP) is 4.79. The highest BCUT2D eigenvalue weighted by atomic mass is 19.4. The summed E-state index contributed by atoms with van der Waals surface area (Å²) in [5.41, 5.74) is 2.19.